The fraction of sp³-hybridized carbons (Fsp3) is 0.136. The predicted molar refractivity (Wildman–Crippen MR) is 115 cm³/mol. The molecule has 0 N–H and O–H groups in total. The molecule has 0 atom stereocenters. The van der Waals surface area contributed by atoms with Gasteiger partial charge in [-0.15, -0.1) is 13.2 Å². The number of pyridine rings is 1. The molecule has 2 heterocycles. The summed E-state index contributed by atoms with van der Waals surface area (Å²) < 4.78 is 70.6. The summed E-state index contributed by atoms with van der Waals surface area (Å²) in [5.41, 5.74) is 1.27. The second-order valence-electron chi connectivity index (χ2n) is 7.30. The summed E-state index contributed by atoms with van der Waals surface area (Å²) in [4.78, 5) is 16.7. The van der Waals surface area contributed by atoms with Gasteiger partial charge in [-0.05, 0) is 48.0 Å². The van der Waals surface area contributed by atoms with E-state index in [1.54, 1.807) is 12.1 Å². The third-order valence-electron chi connectivity index (χ3n) is 4.71. The van der Waals surface area contributed by atoms with Crippen LogP contribution in [0.3, 0.4) is 0 Å². The third kappa shape index (κ3) is 5.52. The minimum atomic E-state index is -4.79. The van der Waals surface area contributed by atoms with Crippen molar-refractivity contribution in [3.05, 3.63) is 82.8 Å². The summed E-state index contributed by atoms with van der Waals surface area (Å²) >= 11 is 0. The van der Waals surface area contributed by atoms with E-state index in [0.717, 1.165) is 18.4 Å². The maximum Gasteiger partial charge on any atom is 0.573 e. The van der Waals surface area contributed by atoms with Crippen molar-refractivity contribution >= 4 is 9.84 Å². The Balaban J connectivity index is 1.55. The Morgan fingerprint density at radius 2 is 1.62 bits per heavy atom. The first-order valence-electron chi connectivity index (χ1n) is 9.68. The molecule has 12 heteroatoms. The van der Waals surface area contributed by atoms with Crippen LogP contribution in [0, 0.1) is 0 Å². The summed E-state index contributed by atoms with van der Waals surface area (Å²) in [6, 6.07) is 14.0. The van der Waals surface area contributed by atoms with Gasteiger partial charge in [-0.3, -0.25) is 4.79 Å². The molecule has 8 nitrogen and oxygen atoms in total. The average Bonchev–Trinajstić information content (AvgIpc) is 3.25. The summed E-state index contributed by atoms with van der Waals surface area (Å²) in [6.07, 6.45) is -2.16. The molecular formula is C22H16F3N3O5S. The maximum absolute atomic E-state index is 12.3. The van der Waals surface area contributed by atoms with Crippen molar-refractivity contribution in [1.82, 2.24) is 14.7 Å². The first kappa shape index (κ1) is 23.2. The van der Waals surface area contributed by atoms with Crippen LogP contribution in [0.5, 0.6) is 5.75 Å². The highest BCUT2D eigenvalue weighted by molar-refractivity contribution is 7.90. The number of hydrogen-bond donors (Lipinski definition) is 0. The molecule has 0 unspecified atom stereocenters. The van der Waals surface area contributed by atoms with Crippen LogP contribution < -0.4 is 10.3 Å². The van der Waals surface area contributed by atoms with Gasteiger partial charge in [0, 0.05) is 24.1 Å². The van der Waals surface area contributed by atoms with Crippen molar-refractivity contribution < 1.29 is 30.8 Å². The number of benzene rings is 2. The van der Waals surface area contributed by atoms with Crippen LogP contribution in [0.2, 0.25) is 0 Å². The van der Waals surface area contributed by atoms with Crippen molar-refractivity contribution in [3.63, 3.8) is 0 Å². The van der Waals surface area contributed by atoms with Crippen LogP contribution >= 0.6 is 0 Å². The SMILES string of the molecule is CS(=O)(=O)c1ccc(Cn2cc(-c3nc(-c4ccc(OC(F)(F)F)cc4)no3)ccc2=O)cc1. The maximum atomic E-state index is 12.3. The van der Waals surface area contributed by atoms with Gasteiger partial charge < -0.3 is 13.8 Å². The van der Waals surface area contributed by atoms with Crippen LogP contribution in [-0.2, 0) is 16.4 Å². The van der Waals surface area contributed by atoms with Crippen LogP contribution in [0.1, 0.15) is 5.56 Å². The Morgan fingerprint density at radius 3 is 2.24 bits per heavy atom. The lowest BCUT2D eigenvalue weighted by Gasteiger charge is -2.08. The van der Waals surface area contributed by atoms with E-state index in [-0.39, 0.29) is 34.5 Å². The highest BCUT2D eigenvalue weighted by Gasteiger charge is 2.31. The Hall–Kier alpha value is -3.93. The van der Waals surface area contributed by atoms with Gasteiger partial charge in [-0.2, -0.15) is 4.98 Å². The zero-order valence-electron chi connectivity index (χ0n) is 17.5. The Morgan fingerprint density at radius 1 is 0.971 bits per heavy atom. The third-order valence-corrected chi connectivity index (χ3v) is 5.84. The molecule has 176 valence electrons. The zero-order chi connectivity index (χ0) is 24.5. The lowest BCUT2D eigenvalue weighted by atomic mass is 10.2. The average molecular weight is 491 g/mol. The lowest BCUT2D eigenvalue weighted by molar-refractivity contribution is -0.274. The molecule has 2 aromatic heterocycles. The van der Waals surface area contributed by atoms with E-state index in [4.69, 9.17) is 4.52 Å². The number of nitrogens with zero attached hydrogens (tertiary/aromatic N) is 3. The standard InChI is InChI=1S/C22H16F3N3O5S/c1-34(30,31)18-9-2-14(3-10-18)12-28-13-16(6-11-19(28)29)21-26-20(27-33-21)15-4-7-17(8-5-15)32-22(23,24)25/h2-11,13H,12H2,1H3. The molecule has 0 spiro atoms. The molecule has 0 fully saturated rings. The number of hydrogen-bond acceptors (Lipinski definition) is 7. The van der Waals surface area contributed by atoms with Gasteiger partial charge in [0.05, 0.1) is 17.0 Å². The van der Waals surface area contributed by atoms with Crippen molar-refractivity contribution in [3.8, 4) is 28.6 Å². The number of sulfone groups is 1. The molecule has 4 aromatic rings. The van der Waals surface area contributed by atoms with E-state index in [9.17, 15) is 26.4 Å². The fourth-order valence-corrected chi connectivity index (χ4v) is 3.71. The van der Waals surface area contributed by atoms with E-state index in [2.05, 4.69) is 14.9 Å². The Bertz CT molecular complexity index is 1480. The molecule has 0 saturated heterocycles. The Labute approximate surface area is 191 Å². The number of halogens is 3. The second-order valence-corrected chi connectivity index (χ2v) is 9.31. The zero-order valence-corrected chi connectivity index (χ0v) is 18.3. The molecule has 0 radical (unpaired) electrons. The van der Waals surface area contributed by atoms with Gasteiger partial charge in [0.1, 0.15) is 5.75 Å². The number of ether oxygens (including phenoxy) is 1. The molecule has 0 saturated carbocycles. The van der Waals surface area contributed by atoms with Gasteiger partial charge in [-0.1, -0.05) is 17.3 Å². The van der Waals surface area contributed by atoms with Crippen LogP contribution in [0.25, 0.3) is 22.8 Å². The first-order valence-corrected chi connectivity index (χ1v) is 11.6. The monoisotopic (exact) mass is 491 g/mol. The predicted octanol–water partition coefficient (Wildman–Crippen LogP) is 3.92. The quantitative estimate of drug-likeness (QED) is 0.403. The minimum Gasteiger partial charge on any atom is -0.406 e. The van der Waals surface area contributed by atoms with Crippen molar-refractivity contribution in [2.75, 3.05) is 6.26 Å². The highest BCUT2D eigenvalue weighted by atomic mass is 32.2. The molecular weight excluding hydrogens is 475 g/mol. The second kappa shape index (κ2) is 8.78. The first-order chi connectivity index (χ1) is 16.0. The lowest BCUT2D eigenvalue weighted by Crippen LogP contribution is -2.19. The normalized spacial score (nSPS) is 12.0. The summed E-state index contributed by atoms with van der Waals surface area (Å²) in [6.45, 7) is 0.179. The molecule has 2 aromatic carbocycles. The topological polar surface area (TPSA) is 104 Å². The molecule has 4 rings (SSSR count). The molecule has 0 aliphatic carbocycles. The number of aromatic nitrogens is 3. The van der Waals surface area contributed by atoms with Crippen molar-refractivity contribution in [2.45, 2.75) is 17.8 Å². The van der Waals surface area contributed by atoms with Crippen molar-refractivity contribution in [1.29, 1.82) is 0 Å². The van der Waals surface area contributed by atoms with Crippen LogP contribution in [-0.4, -0.2) is 35.7 Å². The molecule has 34 heavy (non-hydrogen) atoms. The largest absolute Gasteiger partial charge is 0.573 e. The van der Waals surface area contributed by atoms with E-state index < -0.39 is 16.2 Å². The molecule has 0 aliphatic rings. The smallest absolute Gasteiger partial charge is 0.406 e. The van der Waals surface area contributed by atoms with E-state index in [1.165, 1.54) is 47.2 Å². The summed E-state index contributed by atoms with van der Waals surface area (Å²) in [7, 11) is -3.33. The van der Waals surface area contributed by atoms with Crippen LogP contribution in [0.15, 0.2) is 81.1 Å². The van der Waals surface area contributed by atoms with Gasteiger partial charge in [0.25, 0.3) is 11.4 Å². The summed E-state index contributed by atoms with van der Waals surface area (Å²) in [5.74, 6) is -0.133. The molecule has 0 bridgehead atoms. The Kier molecular flexibility index (Phi) is 6.00. The molecule has 0 aliphatic heterocycles. The number of rotatable bonds is 6. The van der Waals surface area contributed by atoms with Crippen LogP contribution in [0.4, 0.5) is 13.2 Å². The number of alkyl halides is 3. The fourth-order valence-electron chi connectivity index (χ4n) is 3.08. The highest BCUT2D eigenvalue weighted by Crippen LogP contribution is 2.26. The molecule has 0 amide bonds. The minimum absolute atomic E-state index is 0.104. The van der Waals surface area contributed by atoms with E-state index in [0.29, 0.717) is 16.7 Å². The van der Waals surface area contributed by atoms with Gasteiger partial charge in [0.15, 0.2) is 9.84 Å². The van der Waals surface area contributed by atoms with E-state index >= 15 is 0 Å². The van der Waals surface area contributed by atoms with Gasteiger partial charge in [0.2, 0.25) is 5.82 Å². The summed E-state index contributed by atoms with van der Waals surface area (Å²) in [5, 5.41) is 3.84. The van der Waals surface area contributed by atoms with E-state index in [1.807, 2.05) is 0 Å². The van der Waals surface area contributed by atoms with Crippen molar-refractivity contribution in [2.24, 2.45) is 0 Å². The van der Waals surface area contributed by atoms with Gasteiger partial charge in [-0.25, -0.2) is 8.42 Å². The van der Waals surface area contributed by atoms with Gasteiger partial charge >= 0.3 is 6.36 Å².